The smallest absolute Gasteiger partial charge is 0.137 e. The monoisotopic (exact) mass is 235 g/mol. The summed E-state index contributed by atoms with van der Waals surface area (Å²) in [4.78, 5) is 7.56. The van der Waals surface area contributed by atoms with Gasteiger partial charge in [-0.2, -0.15) is 0 Å². The van der Waals surface area contributed by atoms with Crippen molar-refractivity contribution >= 4 is 16.7 Å². The van der Waals surface area contributed by atoms with Crippen LogP contribution in [0.15, 0.2) is 42.7 Å². The summed E-state index contributed by atoms with van der Waals surface area (Å²) < 4.78 is 0. The largest absolute Gasteiger partial charge is 0.384 e. The average molecular weight is 235 g/mol. The van der Waals surface area contributed by atoms with Crippen molar-refractivity contribution in [1.82, 2.24) is 9.97 Å². The van der Waals surface area contributed by atoms with Crippen LogP contribution in [0.1, 0.15) is 5.56 Å². The van der Waals surface area contributed by atoms with E-state index in [1.54, 1.807) is 0 Å². The number of fused-ring (bicyclic) bond motifs is 2. The zero-order valence-electron chi connectivity index (χ0n) is 9.90. The molecule has 0 aliphatic carbocycles. The Labute approximate surface area is 105 Å². The Balaban J connectivity index is 1.92. The minimum atomic E-state index is 0.950. The topological polar surface area (TPSA) is 40.7 Å². The lowest BCUT2D eigenvalue weighted by molar-refractivity contribution is 1.11. The van der Waals surface area contributed by atoms with Gasteiger partial charge in [0.25, 0.3) is 0 Å². The van der Waals surface area contributed by atoms with Gasteiger partial charge >= 0.3 is 0 Å². The number of hydrogen-bond donors (Lipinski definition) is 2. The lowest BCUT2D eigenvalue weighted by atomic mass is 10.0. The number of hydrogen-bond acceptors (Lipinski definition) is 2. The van der Waals surface area contributed by atoms with E-state index in [4.69, 9.17) is 0 Å². The molecular weight excluding hydrogens is 222 g/mol. The van der Waals surface area contributed by atoms with E-state index in [1.165, 1.54) is 27.8 Å². The Morgan fingerprint density at radius 3 is 3.17 bits per heavy atom. The molecule has 0 amide bonds. The van der Waals surface area contributed by atoms with Gasteiger partial charge in [-0.25, -0.2) is 4.98 Å². The molecule has 1 aromatic carbocycles. The highest BCUT2D eigenvalue weighted by molar-refractivity contribution is 5.93. The highest BCUT2D eigenvalue weighted by Gasteiger charge is 2.12. The van der Waals surface area contributed by atoms with Crippen LogP contribution in [0.5, 0.6) is 0 Å². The molecule has 2 aromatic heterocycles. The molecule has 0 fully saturated rings. The van der Waals surface area contributed by atoms with Gasteiger partial charge in [0.15, 0.2) is 0 Å². The number of aromatic amines is 1. The Hall–Kier alpha value is -2.29. The molecule has 1 aliphatic rings. The Bertz CT molecular complexity index is 727. The van der Waals surface area contributed by atoms with E-state index in [1.807, 2.05) is 18.5 Å². The van der Waals surface area contributed by atoms with Crippen LogP contribution in [-0.2, 0) is 6.42 Å². The van der Waals surface area contributed by atoms with E-state index >= 15 is 0 Å². The van der Waals surface area contributed by atoms with E-state index < -0.39 is 0 Å². The van der Waals surface area contributed by atoms with Gasteiger partial charge in [-0.1, -0.05) is 6.07 Å². The SMILES string of the molecule is c1cnc2[nH]cc(-c3ccc4c(c3)CCN4)c2c1. The fourth-order valence-corrected chi connectivity index (χ4v) is 2.67. The van der Waals surface area contributed by atoms with Crippen LogP contribution in [-0.4, -0.2) is 16.5 Å². The number of rotatable bonds is 1. The van der Waals surface area contributed by atoms with Crippen LogP contribution in [0.4, 0.5) is 5.69 Å². The second-order valence-electron chi connectivity index (χ2n) is 4.65. The maximum absolute atomic E-state index is 4.33. The molecule has 3 heterocycles. The number of benzene rings is 1. The Morgan fingerprint density at radius 2 is 2.17 bits per heavy atom. The lowest BCUT2D eigenvalue weighted by Crippen LogP contribution is -1.90. The van der Waals surface area contributed by atoms with Crippen LogP contribution in [0, 0.1) is 0 Å². The second-order valence-corrected chi connectivity index (χ2v) is 4.65. The van der Waals surface area contributed by atoms with Gasteiger partial charge in [0.05, 0.1) is 0 Å². The van der Waals surface area contributed by atoms with Crippen molar-refractivity contribution in [3.63, 3.8) is 0 Å². The lowest BCUT2D eigenvalue weighted by Gasteiger charge is -2.03. The highest BCUT2D eigenvalue weighted by atomic mass is 14.9. The number of anilines is 1. The minimum Gasteiger partial charge on any atom is -0.384 e. The van der Waals surface area contributed by atoms with E-state index in [0.717, 1.165) is 18.6 Å². The molecule has 3 heteroatoms. The zero-order chi connectivity index (χ0) is 11.9. The Kier molecular flexibility index (Phi) is 1.94. The number of nitrogens with zero attached hydrogens (tertiary/aromatic N) is 1. The number of H-pyrrole nitrogens is 1. The van der Waals surface area contributed by atoms with Gasteiger partial charge in [-0.05, 0) is 41.8 Å². The van der Waals surface area contributed by atoms with Crippen molar-refractivity contribution in [2.24, 2.45) is 0 Å². The fraction of sp³-hybridized carbons (Fsp3) is 0.133. The fourth-order valence-electron chi connectivity index (χ4n) is 2.67. The molecule has 2 N–H and O–H groups in total. The van der Waals surface area contributed by atoms with Crippen LogP contribution in [0.3, 0.4) is 0 Å². The Morgan fingerprint density at radius 1 is 1.17 bits per heavy atom. The predicted molar refractivity (Wildman–Crippen MR) is 73.7 cm³/mol. The molecule has 88 valence electrons. The first kappa shape index (κ1) is 9.71. The average Bonchev–Trinajstić information content (AvgIpc) is 3.04. The third-order valence-electron chi connectivity index (χ3n) is 3.58. The summed E-state index contributed by atoms with van der Waals surface area (Å²) in [5.74, 6) is 0. The molecule has 4 rings (SSSR count). The van der Waals surface area contributed by atoms with Crippen molar-refractivity contribution < 1.29 is 0 Å². The summed E-state index contributed by atoms with van der Waals surface area (Å²) >= 11 is 0. The van der Waals surface area contributed by atoms with Gasteiger partial charge in [0.2, 0.25) is 0 Å². The van der Waals surface area contributed by atoms with Gasteiger partial charge in [-0.15, -0.1) is 0 Å². The van der Waals surface area contributed by atoms with Crippen LogP contribution < -0.4 is 5.32 Å². The van der Waals surface area contributed by atoms with Crippen molar-refractivity contribution in [3.05, 3.63) is 48.3 Å². The van der Waals surface area contributed by atoms with Crippen LogP contribution in [0.25, 0.3) is 22.2 Å². The zero-order valence-corrected chi connectivity index (χ0v) is 9.90. The maximum Gasteiger partial charge on any atom is 0.137 e. The number of aromatic nitrogens is 2. The summed E-state index contributed by atoms with van der Waals surface area (Å²) in [6, 6.07) is 10.7. The molecule has 0 saturated heterocycles. The molecule has 0 bridgehead atoms. The van der Waals surface area contributed by atoms with Gasteiger partial charge < -0.3 is 10.3 Å². The number of nitrogens with one attached hydrogen (secondary N) is 2. The first-order valence-corrected chi connectivity index (χ1v) is 6.21. The molecule has 3 nitrogen and oxygen atoms in total. The normalized spacial score (nSPS) is 13.6. The third kappa shape index (κ3) is 1.34. The molecular formula is C15H13N3. The highest BCUT2D eigenvalue weighted by Crippen LogP contribution is 2.32. The summed E-state index contributed by atoms with van der Waals surface area (Å²) in [5, 5.41) is 4.57. The van der Waals surface area contributed by atoms with E-state index in [9.17, 15) is 0 Å². The second kappa shape index (κ2) is 3.60. The molecule has 0 atom stereocenters. The van der Waals surface area contributed by atoms with Crippen molar-refractivity contribution in [3.8, 4) is 11.1 Å². The van der Waals surface area contributed by atoms with Crippen molar-refractivity contribution in [1.29, 1.82) is 0 Å². The van der Waals surface area contributed by atoms with E-state index in [0.29, 0.717) is 0 Å². The summed E-state index contributed by atoms with van der Waals surface area (Å²) in [7, 11) is 0. The van der Waals surface area contributed by atoms with E-state index in [2.05, 4.69) is 39.6 Å². The molecule has 0 radical (unpaired) electrons. The van der Waals surface area contributed by atoms with Gasteiger partial charge in [-0.3, -0.25) is 0 Å². The van der Waals surface area contributed by atoms with Crippen LogP contribution >= 0.6 is 0 Å². The standard InChI is InChI=1S/C15H13N3/c1-2-12-13(9-18-15(12)17-6-1)10-3-4-14-11(8-10)5-7-16-14/h1-4,6,8-9,16H,5,7H2,(H,17,18). The molecule has 0 unspecified atom stereocenters. The van der Waals surface area contributed by atoms with Crippen molar-refractivity contribution in [2.75, 3.05) is 11.9 Å². The van der Waals surface area contributed by atoms with E-state index in [-0.39, 0.29) is 0 Å². The predicted octanol–water partition coefficient (Wildman–Crippen LogP) is 3.20. The van der Waals surface area contributed by atoms with Crippen molar-refractivity contribution in [2.45, 2.75) is 6.42 Å². The first-order valence-electron chi connectivity index (χ1n) is 6.21. The van der Waals surface area contributed by atoms with Gasteiger partial charge in [0.1, 0.15) is 5.65 Å². The molecule has 18 heavy (non-hydrogen) atoms. The number of pyridine rings is 1. The van der Waals surface area contributed by atoms with Gasteiger partial charge in [0, 0.05) is 35.6 Å². The maximum atomic E-state index is 4.33. The quantitative estimate of drug-likeness (QED) is 0.680. The molecule has 0 saturated carbocycles. The summed E-state index contributed by atoms with van der Waals surface area (Å²) in [6.07, 6.45) is 4.97. The third-order valence-corrected chi connectivity index (χ3v) is 3.58. The molecule has 3 aromatic rings. The molecule has 1 aliphatic heterocycles. The summed E-state index contributed by atoms with van der Waals surface area (Å²) in [5.41, 5.74) is 6.12. The summed E-state index contributed by atoms with van der Waals surface area (Å²) in [6.45, 7) is 1.05. The minimum absolute atomic E-state index is 0.950. The molecule has 0 spiro atoms. The first-order chi connectivity index (χ1) is 8.92. The van der Waals surface area contributed by atoms with Crippen LogP contribution in [0.2, 0.25) is 0 Å².